The van der Waals surface area contributed by atoms with Gasteiger partial charge in [-0.1, -0.05) is 47.6 Å². The molecule has 0 saturated carbocycles. The van der Waals surface area contributed by atoms with Crippen LogP contribution < -0.4 is 5.32 Å². The molecule has 0 aliphatic heterocycles. The smallest absolute Gasteiger partial charge is 0.353 e. The van der Waals surface area contributed by atoms with Crippen LogP contribution in [0.4, 0.5) is 13.2 Å². The van der Waals surface area contributed by atoms with Gasteiger partial charge < -0.3 is 5.32 Å². The Morgan fingerprint density at radius 2 is 1.90 bits per heavy atom. The van der Waals surface area contributed by atoms with E-state index in [4.69, 9.17) is 11.6 Å². The molecule has 1 aromatic heterocycles. The maximum absolute atomic E-state index is 13.7. The minimum absolute atomic E-state index is 0.0138. The van der Waals surface area contributed by atoms with Crippen molar-refractivity contribution in [2.45, 2.75) is 31.2 Å². The number of carbonyl (C=O) groups is 1. The van der Waals surface area contributed by atoms with Crippen LogP contribution in [0, 0.1) is 0 Å². The zero-order valence-corrected chi connectivity index (χ0v) is 17.6. The fourth-order valence-corrected chi connectivity index (χ4v) is 3.74. The van der Waals surface area contributed by atoms with E-state index >= 15 is 0 Å². The fourth-order valence-electron chi connectivity index (χ4n) is 2.80. The topological polar surface area (TPSA) is 59.8 Å². The lowest BCUT2D eigenvalue weighted by molar-refractivity contribution is -0.137. The lowest BCUT2D eigenvalue weighted by Gasteiger charge is -2.16. The highest BCUT2D eigenvalue weighted by atomic mass is 35.5. The summed E-state index contributed by atoms with van der Waals surface area (Å²) in [5.41, 5.74) is -0.455. The molecule has 3 rings (SSSR count). The molecule has 0 spiro atoms. The molecule has 0 atom stereocenters. The van der Waals surface area contributed by atoms with E-state index in [1.54, 1.807) is 24.3 Å². The Morgan fingerprint density at radius 1 is 1.17 bits per heavy atom. The molecule has 0 radical (unpaired) electrons. The average Bonchev–Trinajstić information content (AvgIpc) is 3.09. The molecular formula is C20H18ClF3N4OS. The number of benzene rings is 2. The first-order valence-electron chi connectivity index (χ1n) is 8.97. The number of thioether (sulfide) groups is 1. The number of hydrogen-bond acceptors (Lipinski definition) is 4. The molecule has 2 aromatic carbocycles. The SMILES string of the molecule is CC(C)NC(=O)CSc1nnc(-c2cccc(Cl)c2)n1-c1ccccc1C(F)(F)F. The van der Waals surface area contributed by atoms with Crippen molar-refractivity contribution in [2.24, 2.45) is 0 Å². The van der Waals surface area contributed by atoms with Crippen LogP contribution in [0.3, 0.4) is 0 Å². The standard InChI is InChI=1S/C20H18ClF3N4OS/c1-12(2)25-17(29)11-30-19-27-26-18(13-6-5-7-14(21)10-13)28(19)16-9-4-3-8-15(16)20(22,23)24/h3-10,12H,11H2,1-2H3,(H,25,29). The number of carbonyl (C=O) groups excluding carboxylic acids is 1. The van der Waals surface area contributed by atoms with Crippen LogP contribution in [0.2, 0.25) is 5.02 Å². The van der Waals surface area contributed by atoms with Crippen molar-refractivity contribution in [3.63, 3.8) is 0 Å². The number of amides is 1. The van der Waals surface area contributed by atoms with Gasteiger partial charge in [0.1, 0.15) is 0 Å². The minimum atomic E-state index is -4.58. The van der Waals surface area contributed by atoms with Crippen LogP contribution in [0.5, 0.6) is 0 Å². The molecule has 0 aliphatic carbocycles. The number of nitrogens with zero attached hydrogens (tertiary/aromatic N) is 3. The van der Waals surface area contributed by atoms with Crippen LogP contribution in [0.25, 0.3) is 17.1 Å². The second-order valence-corrected chi connectivity index (χ2v) is 8.06. The van der Waals surface area contributed by atoms with E-state index < -0.39 is 11.7 Å². The third-order valence-corrected chi connectivity index (χ3v) is 5.11. The predicted molar refractivity (Wildman–Crippen MR) is 111 cm³/mol. The zero-order chi connectivity index (χ0) is 21.9. The molecule has 158 valence electrons. The van der Waals surface area contributed by atoms with Crippen molar-refractivity contribution in [3.8, 4) is 17.1 Å². The van der Waals surface area contributed by atoms with Gasteiger partial charge in [-0.2, -0.15) is 13.2 Å². The van der Waals surface area contributed by atoms with Crippen LogP contribution in [0.1, 0.15) is 19.4 Å². The first kappa shape index (κ1) is 22.2. The normalized spacial score (nSPS) is 11.7. The highest BCUT2D eigenvalue weighted by molar-refractivity contribution is 7.99. The Hall–Kier alpha value is -2.52. The fraction of sp³-hybridized carbons (Fsp3) is 0.250. The Bertz CT molecular complexity index is 1050. The monoisotopic (exact) mass is 454 g/mol. The third-order valence-electron chi connectivity index (χ3n) is 3.95. The molecule has 0 bridgehead atoms. The summed E-state index contributed by atoms with van der Waals surface area (Å²) in [6.07, 6.45) is -4.58. The molecule has 30 heavy (non-hydrogen) atoms. The lowest BCUT2D eigenvalue weighted by Crippen LogP contribution is -2.31. The molecule has 10 heteroatoms. The molecule has 3 aromatic rings. The molecular weight excluding hydrogens is 437 g/mol. The van der Waals surface area contributed by atoms with E-state index in [1.807, 2.05) is 13.8 Å². The average molecular weight is 455 g/mol. The molecule has 1 amide bonds. The number of rotatable bonds is 6. The van der Waals surface area contributed by atoms with E-state index in [0.29, 0.717) is 10.6 Å². The third kappa shape index (κ3) is 5.14. The van der Waals surface area contributed by atoms with Gasteiger partial charge in [0.25, 0.3) is 0 Å². The molecule has 0 aliphatic rings. The number of hydrogen-bond donors (Lipinski definition) is 1. The number of halogens is 4. The maximum atomic E-state index is 13.7. The first-order valence-corrected chi connectivity index (χ1v) is 10.3. The predicted octanol–water partition coefficient (Wildman–Crippen LogP) is 5.22. The second kappa shape index (κ2) is 9.09. The van der Waals surface area contributed by atoms with Crippen LogP contribution >= 0.6 is 23.4 Å². The van der Waals surface area contributed by atoms with Gasteiger partial charge in [0.2, 0.25) is 5.91 Å². The summed E-state index contributed by atoms with van der Waals surface area (Å²) in [4.78, 5) is 12.0. The zero-order valence-electron chi connectivity index (χ0n) is 16.1. The Balaban J connectivity index is 2.11. The maximum Gasteiger partial charge on any atom is 0.418 e. The van der Waals surface area contributed by atoms with Gasteiger partial charge in [0.15, 0.2) is 11.0 Å². The highest BCUT2D eigenvalue weighted by Gasteiger charge is 2.35. The first-order chi connectivity index (χ1) is 14.2. The largest absolute Gasteiger partial charge is 0.418 e. The Labute approximate surface area is 180 Å². The molecule has 1 heterocycles. The van der Waals surface area contributed by atoms with Gasteiger partial charge in [-0.05, 0) is 38.1 Å². The van der Waals surface area contributed by atoms with Crippen molar-refractivity contribution in [1.82, 2.24) is 20.1 Å². The van der Waals surface area contributed by atoms with Gasteiger partial charge in [0.05, 0.1) is 17.0 Å². The van der Waals surface area contributed by atoms with E-state index in [1.165, 1.54) is 22.8 Å². The summed E-state index contributed by atoms with van der Waals surface area (Å²) in [5, 5.41) is 11.5. The van der Waals surface area contributed by atoms with Crippen molar-refractivity contribution < 1.29 is 18.0 Å². The van der Waals surface area contributed by atoms with Crippen LogP contribution in [0.15, 0.2) is 53.7 Å². The quantitative estimate of drug-likeness (QED) is 0.518. The highest BCUT2D eigenvalue weighted by Crippen LogP contribution is 2.37. The van der Waals surface area contributed by atoms with Gasteiger partial charge in [-0.3, -0.25) is 9.36 Å². The van der Waals surface area contributed by atoms with Gasteiger partial charge >= 0.3 is 6.18 Å². The minimum Gasteiger partial charge on any atom is -0.353 e. The summed E-state index contributed by atoms with van der Waals surface area (Å²) in [6, 6.07) is 11.7. The van der Waals surface area contributed by atoms with Gasteiger partial charge in [-0.15, -0.1) is 10.2 Å². The summed E-state index contributed by atoms with van der Waals surface area (Å²) < 4.78 is 42.4. The number of aromatic nitrogens is 3. The molecule has 0 saturated heterocycles. The van der Waals surface area contributed by atoms with Gasteiger partial charge in [-0.25, -0.2) is 0 Å². The number of alkyl halides is 3. The Kier molecular flexibility index (Phi) is 6.72. The lowest BCUT2D eigenvalue weighted by atomic mass is 10.1. The number of nitrogens with one attached hydrogen (secondary N) is 1. The molecule has 1 N–H and O–H groups in total. The number of para-hydroxylation sites is 1. The Morgan fingerprint density at radius 3 is 2.57 bits per heavy atom. The van der Waals surface area contributed by atoms with E-state index in [0.717, 1.165) is 17.8 Å². The molecule has 0 unspecified atom stereocenters. The summed E-state index contributed by atoms with van der Waals surface area (Å²) in [6.45, 7) is 3.64. The van der Waals surface area contributed by atoms with Crippen LogP contribution in [-0.2, 0) is 11.0 Å². The molecule has 5 nitrogen and oxygen atoms in total. The van der Waals surface area contributed by atoms with Crippen molar-refractivity contribution in [1.29, 1.82) is 0 Å². The van der Waals surface area contributed by atoms with Crippen molar-refractivity contribution >= 4 is 29.3 Å². The summed E-state index contributed by atoms with van der Waals surface area (Å²) in [7, 11) is 0. The molecule has 0 fully saturated rings. The summed E-state index contributed by atoms with van der Waals surface area (Å²) >= 11 is 7.07. The second-order valence-electron chi connectivity index (χ2n) is 6.68. The van der Waals surface area contributed by atoms with E-state index in [-0.39, 0.29) is 34.4 Å². The van der Waals surface area contributed by atoms with E-state index in [2.05, 4.69) is 15.5 Å². The van der Waals surface area contributed by atoms with Gasteiger partial charge in [0, 0.05) is 16.6 Å². The van der Waals surface area contributed by atoms with Crippen molar-refractivity contribution in [3.05, 3.63) is 59.1 Å². The van der Waals surface area contributed by atoms with Crippen LogP contribution in [-0.4, -0.2) is 32.5 Å². The van der Waals surface area contributed by atoms with E-state index in [9.17, 15) is 18.0 Å². The van der Waals surface area contributed by atoms with Crippen molar-refractivity contribution in [2.75, 3.05) is 5.75 Å². The summed E-state index contributed by atoms with van der Waals surface area (Å²) in [5.74, 6) is -0.0704.